The number of aromatic nitrogens is 4. The van der Waals surface area contributed by atoms with E-state index >= 15 is 0 Å². The highest BCUT2D eigenvalue weighted by molar-refractivity contribution is 7.46. The predicted octanol–water partition coefficient (Wildman–Crippen LogP) is -1.38. The molecule has 0 aromatic carbocycles. The number of hydrogen-bond donors (Lipinski definition) is 6. The van der Waals surface area contributed by atoms with Crippen molar-refractivity contribution in [1.29, 1.82) is 0 Å². The standard InChI is InChI=1S/C15H23N6O8P/c1-2-3-7(16)14(24)20-12-9-13(18-5-17-12)21(6-19-9)15-11(23)10(22)8(29-15)4-28-30(25,26)27/h5-8,10-11,15,22-23H,2-4,16H2,1H3,(H2,25,26,27)(H,17,18,20,24)/t7?,8-,10-,11-,15+/m1/s1. The highest BCUT2D eigenvalue weighted by Crippen LogP contribution is 2.38. The van der Waals surface area contributed by atoms with Crippen molar-refractivity contribution in [2.24, 2.45) is 5.73 Å². The molecule has 1 aliphatic heterocycles. The van der Waals surface area contributed by atoms with Crippen LogP contribution in [0.5, 0.6) is 0 Å². The number of imidazole rings is 1. The summed E-state index contributed by atoms with van der Waals surface area (Å²) < 4.78 is 22.0. The van der Waals surface area contributed by atoms with Crippen molar-refractivity contribution < 1.29 is 38.6 Å². The van der Waals surface area contributed by atoms with Crippen LogP contribution in [0.1, 0.15) is 26.0 Å². The molecule has 166 valence electrons. The van der Waals surface area contributed by atoms with Crippen LogP contribution in [0.4, 0.5) is 5.82 Å². The maximum Gasteiger partial charge on any atom is 0.469 e. The molecule has 2 aromatic rings. The molecule has 1 fully saturated rings. The second kappa shape index (κ2) is 8.99. The average Bonchev–Trinajstić information content (AvgIpc) is 3.22. The van der Waals surface area contributed by atoms with Gasteiger partial charge in [-0.3, -0.25) is 13.9 Å². The van der Waals surface area contributed by atoms with E-state index in [-0.39, 0.29) is 17.0 Å². The van der Waals surface area contributed by atoms with Gasteiger partial charge < -0.3 is 35.8 Å². The van der Waals surface area contributed by atoms with Gasteiger partial charge in [-0.15, -0.1) is 0 Å². The zero-order valence-electron chi connectivity index (χ0n) is 15.9. The fourth-order valence-electron chi connectivity index (χ4n) is 3.05. The second-order valence-electron chi connectivity index (χ2n) is 6.76. The molecule has 1 saturated heterocycles. The number of carbonyl (C=O) groups excluding carboxylic acids is 1. The van der Waals surface area contributed by atoms with E-state index in [9.17, 15) is 19.6 Å². The molecule has 3 heterocycles. The van der Waals surface area contributed by atoms with E-state index < -0.39 is 50.9 Å². The second-order valence-corrected chi connectivity index (χ2v) is 8.00. The molecular formula is C15H23N6O8P. The number of hydrogen-bond acceptors (Lipinski definition) is 10. The number of aliphatic hydroxyl groups is 2. The van der Waals surface area contributed by atoms with Gasteiger partial charge in [-0.25, -0.2) is 19.5 Å². The van der Waals surface area contributed by atoms with Crippen molar-refractivity contribution in [2.45, 2.75) is 50.3 Å². The molecule has 1 aliphatic rings. The number of aliphatic hydroxyl groups excluding tert-OH is 2. The minimum atomic E-state index is -4.78. The summed E-state index contributed by atoms with van der Waals surface area (Å²) in [5, 5.41) is 23.1. The van der Waals surface area contributed by atoms with Crippen molar-refractivity contribution in [2.75, 3.05) is 11.9 Å². The van der Waals surface area contributed by atoms with E-state index in [1.165, 1.54) is 17.2 Å². The van der Waals surface area contributed by atoms with Gasteiger partial charge in [0.15, 0.2) is 23.2 Å². The zero-order valence-corrected chi connectivity index (χ0v) is 16.8. The molecule has 2 aromatic heterocycles. The number of ether oxygens (including phenoxy) is 1. The van der Waals surface area contributed by atoms with E-state index in [0.717, 1.165) is 6.42 Å². The number of carbonyl (C=O) groups is 1. The molecule has 1 amide bonds. The third kappa shape index (κ3) is 4.82. The Balaban J connectivity index is 1.82. The lowest BCUT2D eigenvalue weighted by Crippen LogP contribution is -2.35. The molecule has 3 rings (SSSR count). The monoisotopic (exact) mass is 446 g/mol. The fourth-order valence-corrected chi connectivity index (χ4v) is 3.39. The van der Waals surface area contributed by atoms with Gasteiger partial charge in [0.1, 0.15) is 24.6 Å². The van der Waals surface area contributed by atoms with Crippen LogP contribution in [0.15, 0.2) is 12.7 Å². The largest absolute Gasteiger partial charge is 0.469 e. The third-order valence-electron chi connectivity index (χ3n) is 4.56. The Hall–Kier alpha value is -2.03. The first-order valence-electron chi connectivity index (χ1n) is 9.08. The number of fused-ring (bicyclic) bond motifs is 1. The van der Waals surface area contributed by atoms with Crippen LogP contribution in [0.3, 0.4) is 0 Å². The predicted molar refractivity (Wildman–Crippen MR) is 101 cm³/mol. The molecule has 5 atom stereocenters. The Labute approximate surface area is 170 Å². The Morgan fingerprint density at radius 1 is 1.37 bits per heavy atom. The number of nitrogens with one attached hydrogen (secondary N) is 1. The Kier molecular flexibility index (Phi) is 6.79. The van der Waals surface area contributed by atoms with Gasteiger partial charge in [0.2, 0.25) is 5.91 Å². The molecule has 14 nitrogen and oxygen atoms in total. The van der Waals surface area contributed by atoms with Gasteiger partial charge in [0.25, 0.3) is 0 Å². The van der Waals surface area contributed by atoms with Gasteiger partial charge in [-0.1, -0.05) is 13.3 Å². The summed E-state index contributed by atoms with van der Waals surface area (Å²) in [6.45, 7) is 1.26. The zero-order chi connectivity index (χ0) is 22.1. The highest BCUT2D eigenvalue weighted by atomic mass is 31.2. The highest BCUT2D eigenvalue weighted by Gasteiger charge is 2.45. The lowest BCUT2D eigenvalue weighted by molar-refractivity contribution is -0.117. The molecule has 0 spiro atoms. The molecule has 0 bridgehead atoms. The van der Waals surface area contributed by atoms with Gasteiger partial charge in [0.05, 0.1) is 19.0 Å². The van der Waals surface area contributed by atoms with Crippen molar-refractivity contribution in [3.63, 3.8) is 0 Å². The first kappa shape index (κ1) is 22.7. The lowest BCUT2D eigenvalue weighted by atomic mass is 10.1. The van der Waals surface area contributed by atoms with E-state index in [1.54, 1.807) is 0 Å². The van der Waals surface area contributed by atoms with Crippen molar-refractivity contribution in [1.82, 2.24) is 19.5 Å². The van der Waals surface area contributed by atoms with E-state index in [4.69, 9.17) is 20.3 Å². The fraction of sp³-hybridized carbons (Fsp3) is 0.600. The van der Waals surface area contributed by atoms with E-state index in [2.05, 4.69) is 24.8 Å². The van der Waals surface area contributed by atoms with Crippen LogP contribution in [-0.4, -0.2) is 76.4 Å². The van der Waals surface area contributed by atoms with Gasteiger partial charge in [-0.05, 0) is 6.42 Å². The molecule has 15 heteroatoms. The average molecular weight is 446 g/mol. The van der Waals surface area contributed by atoms with E-state index in [0.29, 0.717) is 6.42 Å². The number of phosphoric ester groups is 1. The summed E-state index contributed by atoms with van der Waals surface area (Å²) in [5.74, 6) is -0.321. The summed E-state index contributed by atoms with van der Waals surface area (Å²) in [6.07, 6.45) is -1.65. The van der Waals surface area contributed by atoms with Gasteiger partial charge in [0, 0.05) is 0 Å². The number of anilines is 1. The van der Waals surface area contributed by atoms with Crippen LogP contribution in [0, 0.1) is 0 Å². The molecule has 0 radical (unpaired) electrons. The molecule has 7 N–H and O–H groups in total. The molecule has 0 aliphatic carbocycles. The Morgan fingerprint density at radius 2 is 2.10 bits per heavy atom. The third-order valence-corrected chi connectivity index (χ3v) is 5.04. The summed E-state index contributed by atoms with van der Waals surface area (Å²) in [6, 6.07) is -0.716. The van der Waals surface area contributed by atoms with Crippen LogP contribution < -0.4 is 11.1 Å². The van der Waals surface area contributed by atoms with Gasteiger partial charge in [-0.2, -0.15) is 0 Å². The van der Waals surface area contributed by atoms with Crippen LogP contribution in [0.2, 0.25) is 0 Å². The maximum atomic E-state index is 12.2. The van der Waals surface area contributed by atoms with Crippen molar-refractivity contribution in [3.05, 3.63) is 12.7 Å². The number of nitrogens with zero attached hydrogens (tertiary/aromatic N) is 4. The molecule has 1 unspecified atom stereocenters. The number of amides is 1. The van der Waals surface area contributed by atoms with Crippen molar-refractivity contribution >= 4 is 30.7 Å². The molecular weight excluding hydrogens is 423 g/mol. The number of rotatable bonds is 8. The molecule has 30 heavy (non-hydrogen) atoms. The van der Waals surface area contributed by atoms with Crippen LogP contribution in [-0.2, 0) is 18.6 Å². The lowest BCUT2D eigenvalue weighted by Gasteiger charge is -2.16. The topological polar surface area (TPSA) is 215 Å². The summed E-state index contributed by atoms with van der Waals surface area (Å²) in [4.78, 5) is 42.0. The van der Waals surface area contributed by atoms with Crippen molar-refractivity contribution in [3.8, 4) is 0 Å². The SMILES string of the molecule is CCCC(N)C(=O)Nc1ncnc2c1ncn2[C@H]1O[C@H](COP(=O)(O)O)[C@@H](O)[C@H]1O. The Morgan fingerprint density at radius 3 is 2.77 bits per heavy atom. The smallest absolute Gasteiger partial charge is 0.387 e. The van der Waals surface area contributed by atoms with Crippen LogP contribution in [0.25, 0.3) is 11.2 Å². The van der Waals surface area contributed by atoms with E-state index in [1.807, 2.05) is 6.92 Å². The molecule has 0 saturated carbocycles. The summed E-state index contributed by atoms with van der Waals surface area (Å²) in [7, 11) is -4.78. The number of nitrogens with two attached hydrogens (primary N) is 1. The first-order valence-corrected chi connectivity index (χ1v) is 10.6. The number of phosphoric acid groups is 1. The maximum absolute atomic E-state index is 12.2. The summed E-state index contributed by atoms with van der Waals surface area (Å²) >= 11 is 0. The minimum Gasteiger partial charge on any atom is -0.387 e. The Bertz CT molecular complexity index is 950. The first-order chi connectivity index (χ1) is 14.1. The van der Waals surface area contributed by atoms with Gasteiger partial charge >= 0.3 is 7.82 Å². The minimum absolute atomic E-state index is 0.115. The normalized spacial score (nSPS) is 25.5. The summed E-state index contributed by atoms with van der Waals surface area (Å²) in [5.41, 5.74) is 6.20. The quantitative estimate of drug-likeness (QED) is 0.259. The van der Waals surface area contributed by atoms with Crippen LogP contribution >= 0.6 is 7.82 Å².